The fourth-order valence-corrected chi connectivity index (χ4v) is 5.10. The number of aliphatic hydroxyl groups excluding tert-OH is 3. The minimum atomic E-state index is -2.14. The summed E-state index contributed by atoms with van der Waals surface area (Å²) in [4.78, 5) is 13.3. The Kier molecular flexibility index (Phi) is 9.48. The molecule has 0 spiro atoms. The highest BCUT2D eigenvalue weighted by molar-refractivity contribution is 5.73. The van der Waals surface area contributed by atoms with E-state index < -0.39 is 60.2 Å². The molecule has 1 aromatic rings. The van der Waals surface area contributed by atoms with Gasteiger partial charge in [-0.2, -0.15) is 0 Å². The number of cyclic esters (lactones) is 1. The average Bonchev–Trinajstić information content (AvgIpc) is 2.85. The Bertz CT molecular complexity index is 845. The van der Waals surface area contributed by atoms with Crippen LogP contribution in [0.2, 0.25) is 0 Å². The smallest absolute Gasteiger partial charge is 0.314 e. The summed E-state index contributed by atoms with van der Waals surface area (Å²) in [5.41, 5.74) is 0.817. The maximum absolute atomic E-state index is 13.3. The molecule has 3 rings (SSSR count). The summed E-state index contributed by atoms with van der Waals surface area (Å²) < 4.78 is 17.5. The third-order valence-electron chi connectivity index (χ3n) is 7.50. The minimum absolute atomic E-state index is 0.348. The summed E-state index contributed by atoms with van der Waals surface area (Å²) in [6.07, 6.45) is -0.0935. The first kappa shape index (κ1) is 27.8. The number of carbonyl (C=O) groups excluding carboxylic acids is 1. The number of aliphatic hydroxyl groups is 4. The Balaban J connectivity index is 1.98. The predicted octanol–water partition coefficient (Wildman–Crippen LogP) is 2.49. The van der Waals surface area contributed by atoms with E-state index in [0.29, 0.717) is 25.7 Å². The van der Waals surface area contributed by atoms with Gasteiger partial charge in [-0.25, -0.2) is 0 Å². The van der Waals surface area contributed by atoms with Gasteiger partial charge in [-0.15, -0.1) is 0 Å². The fourth-order valence-electron chi connectivity index (χ4n) is 5.10. The van der Waals surface area contributed by atoms with Gasteiger partial charge in [0.2, 0.25) is 5.79 Å². The quantitative estimate of drug-likeness (QED) is 0.367. The topological polar surface area (TPSA) is 126 Å². The van der Waals surface area contributed by atoms with Crippen molar-refractivity contribution >= 4 is 5.97 Å². The van der Waals surface area contributed by atoms with Gasteiger partial charge in [-0.1, -0.05) is 62.8 Å². The van der Waals surface area contributed by atoms with Gasteiger partial charge in [0.05, 0.1) is 24.4 Å². The Morgan fingerprint density at radius 2 is 1.66 bits per heavy atom. The Morgan fingerprint density at radius 1 is 1.00 bits per heavy atom. The number of esters is 1. The van der Waals surface area contributed by atoms with Gasteiger partial charge in [0.15, 0.2) is 0 Å². The van der Waals surface area contributed by atoms with Crippen molar-refractivity contribution in [3.05, 3.63) is 48.0 Å². The molecule has 4 N–H and O–H groups in total. The molecule has 0 unspecified atom stereocenters. The summed E-state index contributed by atoms with van der Waals surface area (Å²) >= 11 is 0. The molecule has 0 amide bonds. The Hall–Kier alpha value is -1.81. The normalized spacial score (nSPS) is 42.7. The molecule has 8 nitrogen and oxygen atoms in total. The number of carbonyl (C=O) groups is 1. The summed E-state index contributed by atoms with van der Waals surface area (Å²) in [5, 5.41) is 43.5. The fraction of sp³-hybridized carbons (Fsp3) is 0.667. The zero-order valence-electron chi connectivity index (χ0n) is 21.0. The van der Waals surface area contributed by atoms with Gasteiger partial charge >= 0.3 is 5.97 Å². The third-order valence-corrected chi connectivity index (χ3v) is 7.50. The highest BCUT2D eigenvalue weighted by Crippen LogP contribution is 2.41. The molecule has 35 heavy (non-hydrogen) atoms. The van der Waals surface area contributed by atoms with Gasteiger partial charge in [0.1, 0.15) is 18.1 Å². The van der Waals surface area contributed by atoms with Gasteiger partial charge < -0.3 is 34.6 Å². The zero-order chi connectivity index (χ0) is 25.8. The summed E-state index contributed by atoms with van der Waals surface area (Å²) in [6, 6.07) is 9.34. The van der Waals surface area contributed by atoms with Gasteiger partial charge in [-0.3, -0.25) is 4.79 Å². The predicted molar refractivity (Wildman–Crippen MR) is 129 cm³/mol. The van der Waals surface area contributed by atoms with E-state index in [-0.39, 0.29) is 5.92 Å². The van der Waals surface area contributed by atoms with Gasteiger partial charge in [0, 0.05) is 18.9 Å². The van der Waals surface area contributed by atoms with Crippen molar-refractivity contribution in [2.24, 2.45) is 17.8 Å². The van der Waals surface area contributed by atoms with Crippen molar-refractivity contribution in [3.8, 4) is 0 Å². The lowest BCUT2D eigenvalue weighted by Crippen LogP contribution is -2.66. The Labute approximate surface area is 207 Å². The zero-order valence-corrected chi connectivity index (χ0v) is 21.0. The molecular formula is C27H40O8. The monoisotopic (exact) mass is 492 g/mol. The number of hydrogen-bond donors (Lipinski definition) is 4. The van der Waals surface area contributed by atoms with Crippen LogP contribution in [-0.4, -0.2) is 69.8 Å². The summed E-state index contributed by atoms with van der Waals surface area (Å²) in [6.45, 7) is 5.12. The Morgan fingerprint density at radius 3 is 2.31 bits per heavy atom. The van der Waals surface area contributed by atoms with Crippen LogP contribution in [0.4, 0.5) is 0 Å². The number of benzene rings is 1. The van der Waals surface area contributed by atoms with Crippen molar-refractivity contribution in [2.45, 2.75) is 88.9 Å². The van der Waals surface area contributed by atoms with Crippen LogP contribution in [0.3, 0.4) is 0 Å². The highest BCUT2D eigenvalue weighted by atomic mass is 16.7. The average molecular weight is 493 g/mol. The van der Waals surface area contributed by atoms with E-state index >= 15 is 0 Å². The van der Waals surface area contributed by atoms with Crippen LogP contribution in [0, 0.1) is 17.8 Å². The number of methoxy groups -OCH3 is 1. The van der Waals surface area contributed by atoms with E-state index in [2.05, 4.69) is 0 Å². The first-order valence-corrected chi connectivity index (χ1v) is 12.5. The molecule has 0 aromatic heterocycles. The molecule has 1 saturated heterocycles. The maximum atomic E-state index is 13.3. The molecule has 0 aliphatic carbocycles. The number of fused-ring (bicyclic) bond motifs is 2. The van der Waals surface area contributed by atoms with Crippen LogP contribution < -0.4 is 0 Å². The van der Waals surface area contributed by atoms with E-state index in [9.17, 15) is 25.2 Å². The van der Waals surface area contributed by atoms with Crippen LogP contribution in [0.15, 0.2) is 42.5 Å². The van der Waals surface area contributed by atoms with Crippen molar-refractivity contribution < 1.29 is 39.4 Å². The van der Waals surface area contributed by atoms with Gasteiger partial charge in [-0.05, 0) is 31.7 Å². The SMILES string of the molecule is CO[C@@H]1[C@@H](O)[C@H](C)[C@H]2O[C@]1(O)[C@H](C)C(=O)O[C@H](c1ccccc1)CCCC[C@H](O)[C@H](O)/C=C/[C@@H]2C. The van der Waals surface area contributed by atoms with Crippen LogP contribution in [0.1, 0.15) is 58.1 Å². The second-order valence-corrected chi connectivity index (χ2v) is 9.98. The molecule has 2 heterocycles. The summed E-state index contributed by atoms with van der Waals surface area (Å²) in [7, 11) is 1.35. The number of hydrogen-bond acceptors (Lipinski definition) is 8. The molecule has 0 saturated carbocycles. The van der Waals surface area contributed by atoms with Gasteiger partial charge in [0.25, 0.3) is 0 Å². The van der Waals surface area contributed by atoms with E-state index in [1.165, 1.54) is 20.1 Å². The second-order valence-electron chi connectivity index (χ2n) is 9.98. The standard InChI is InChI=1S/C27H40O8/c1-16-14-15-21(29)20(28)12-8-9-13-22(19-10-6-5-7-11-19)34-26(31)18(3)27(32)25(33-4)23(30)17(2)24(16)35-27/h5-7,10-11,14-18,20-25,28-30,32H,8-9,12-13H2,1-4H3/b15-14+/t16-,17-,18+,20-,21+,22-,23-,24-,25+,27+/m0/s1. The number of rotatable bonds is 2. The minimum Gasteiger partial charge on any atom is -0.457 e. The van der Waals surface area contributed by atoms with E-state index in [4.69, 9.17) is 14.2 Å². The van der Waals surface area contributed by atoms with Crippen LogP contribution >= 0.6 is 0 Å². The van der Waals surface area contributed by atoms with Crippen LogP contribution in [0.25, 0.3) is 0 Å². The van der Waals surface area contributed by atoms with E-state index in [1.54, 1.807) is 13.0 Å². The van der Waals surface area contributed by atoms with E-state index in [1.807, 2.05) is 37.3 Å². The molecule has 2 aliphatic heterocycles. The van der Waals surface area contributed by atoms with Crippen molar-refractivity contribution in [1.82, 2.24) is 0 Å². The van der Waals surface area contributed by atoms with Crippen molar-refractivity contribution in [3.63, 3.8) is 0 Å². The molecule has 2 aliphatic rings. The molecule has 1 fully saturated rings. The first-order valence-electron chi connectivity index (χ1n) is 12.5. The summed E-state index contributed by atoms with van der Waals surface area (Å²) in [5.74, 6) is -4.74. The molecule has 196 valence electrons. The highest BCUT2D eigenvalue weighted by Gasteiger charge is 2.58. The van der Waals surface area contributed by atoms with E-state index in [0.717, 1.165) is 5.56 Å². The van der Waals surface area contributed by atoms with Crippen LogP contribution in [-0.2, 0) is 19.0 Å². The molecule has 8 heteroatoms. The number of ether oxygens (including phenoxy) is 3. The van der Waals surface area contributed by atoms with Crippen LogP contribution in [0.5, 0.6) is 0 Å². The molecule has 1 aromatic carbocycles. The third kappa shape index (κ3) is 6.13. The lowest BCUT2D eigenvalue weighted by molar-refractivity contribution is -0.360. The maximum Gasteiger partial charge on any atom is 0.314 e. The molecule has 0 radical (unpaired) electrons. The molecular weight excluding hydrogens is 452 g/mol. The van der Waals surface area contributed by atoms with Crippen molar-refractivity contribution in [1.29, 1.82) is 0 Å². The van der Waals surface area contributed by atoms with Crippen molar-refractivity contribution in [2.75, 3.05) is 7.11 Å². The lowest BCUT2D eigenvalue weighted by Gasteiger charge is -2.51. The molecule has 2 bridgehead atoms. The molecule has 10 atom stereocenters. The first-order chi connectivity index (χ1) is 16.6. The largest absolute Gasteiger partial charge is 0.457 e. The lowest BCUT2D eigenvalue weighted by atomic mass is 9.78. The second kappa shape index (κ2) is 12.0.